The Balaban J connectivity index is 2.37. The van der Waals surface area contributed by atoms with E-state index in [2.05, 4.69) is 76.7 Å². The highest BCUT2D eigenvalue weighted by Crippen LogP contribution is 2.40. The lowest BCUT2D eigenvalue weighted by Gasteiger charge is -1.97. The van der Waals surface area contributed by atoms with E-state index < -0.39 is 0 Å². The molecule has 4 rings (SSSR count). The van der Waals surface area contributed by atoms with Crippen LogP contribution in [0.2, 0.25) is 0 Å². The number of halogens is 1. The van der Waals surface area contributed by atoms with Crippen molar-refractivity contribution in [3.05, 3.63) is 46.0 Å². The first-order valence-corrected chi connectivity index (χ1v) is 7.70. The smallest absolute Gasteiger partial charge is 0.104 e. The van der Waals surface area contributed by atoms with E-state index in [0.29, 0.717) is 0 Å². The van der Waals surface area contributed by atoms with Gasteiger partial charge >= 0.3 is 0 Å². The van der Waals surface area contributed by atoms with Crippen LogP contribution in [0.15, 0.2) is 42.5 Å². The van der Waals surface area contributed by atoms with Gasteiger partial charge in [0.05, 0.1) is 0 Å². The van der Waals surface area contributed by atoms with E-state index in [1.807, 2.05) is 11.3 Å². The Kier molecular flexibility index (Phi) is 2.23. The molecule has 0 saturated carbocycles. The van der Waals surface area contributed by atoms with Crippen LogP contribution >= 0.6 is 33.9 Å². The third-order valence-corrected chi connectivity index (χ3v) is 5.39. The molecule has 0 fully saturated rings. The molecule has 1 nitrogen and oxygen atoms in total. The van der Waals surface area contributed by atoms with Crippen molar-refractivity contribution >= 4 is 65.1 Å². The highest BCUT2D eigenvalue weighted by atomic mass is 127. The van der Waals surface area contributed by atoms with Crippen molar-refractivity contribution in [3.8, 4) is 0 Å². The second-order valence-electron chi connectivity index (χ2n) is 4.50. The average molecular weight is 363 g/mol. The molecular weight excluding hydrogens is 353 g/mol. The summed E-state index contributed by atoms with van der Waals surface area (Å²) in [5.74, 6) is 0. The lowest BCUT2D eigenvalue weighted by molar-refractivity contribution is 1.02. The monoisotopic (exact) mass is 363 g/mol. The number of nitrogens with zero attached hydrogens (tertiary/aromatic N) is 1. The molecule has 0 bridgehead atoms. The SMILES string of the molecule is Cn1c2ccc(I)cc2c2c3ccccc3sc21. The molecule has 2 aromatic carbocycles. The average Bonchev–Trinajstić information content (AvgIpc) is 2.87. The lowest BCUT2D eigenvalue weighted by atomic mass is 10.1. The Hall–Kier alpha value is -1.07. The molecule has 0 unspecified atom stereocenters. The zero-order chi connectivity index (χ0) is 12.3. The van der Waals surface area contributed by atoms with Crippen LogP contribution in [0.3, 0.4) is 0 Å². The van der Waals surface area contributed by atoms with Crippen LogP contribution in [0.25, 0.3) is 31.2 Å². The van der Waals surface area contributed by atoms with Crippen molar-refractivity contribution in [1.82, 2.24) is 4.57 Å². The number of rotatable bonds is 0. The molecule has 4 aromatic rings. The zero-order valence-electron chi connectivity index (χ0n) is 9.77. The molecule has 0 aliphatic heterocycles. The van der Waals surface area contributed by atoms with Gasteiger partial charge in [-0.15, -0.1) is 11.3 Å². The normalized spacial score (nSPS) is 11.9. The second-order valence-corrected chi connectivity index (χ2v) is 6.78. The van der Waals surface area contributed by atoms with Crippen molar-refractivity contribution in [2.24, 2.45) is 7.05 Å². The third-order valence-electron chi connectivity index (χ3n) is 3.47. The zero-order valence-corrected chi connectivity index (χ0v) is 12.7. The van der Waals surface area contributed by atoms with Crippen LogP contribution in [0.4, 0.5) is 0 Å². The molecule has 0 radical (unpaired) electrons. The quantitative estimate of drug-likeness (QED) is 0.381. The van der Waals surface area contributed by atoms with Crippen LogP contribution < -0.4 is 0 Å². The minimum Gasteiger partial charge on any atom is -0.335 e. The fraction of sp³-hybridized carbons (Fsp3) is 0.0667. The van der Waals surface area contributed by atoms with E-state index in [1.165, 1.54) is 34.8 Å². The van der Waals surface area contributed by atoms with Crippen molar-refractivity contribution in [3.63, 3.8) is 0 Å². The Labute approximate surface area is 122 Å². The van der Waals surface area contributed by atoms with Gasteiger partial charge in [-0.2, -0.15) is 0 Å². The van der Waals surface area contributed by atoms with Gasteiger partial charge in [-0.25, -0.2) is 0 Å². The molecule has 0 atom stereocenters. The molecule has 2 aromatic heterocycles. The number of hydrogen-bond donors (Lipinski definition) is 0. The van der Waals surface area contributed by atoms with Crippen molar-refractivity contribution < 1.29 is 0 Å². The van der Waals surface area contributed by atoms with E-state index in [9.17, 15) is 0 Å². The first kappa shape index (κ1) is 10.8. The van der Waals surface area contributed by atoms with Crippen LogP contribution in [-0.4, -0.2) is 4.57 Å². The topological polar surface area (TPSA) is 4.93 Å². The standard InChI is InChI=1S/C15H10INS/c1-17-12-7-6-9(16)8-11(12)14-10-4-2-3-5-13(10)18-15(14)17/h2-8H,1H3. The Morgan fingerprint density at radius 1 is 1.06 bits per heavy atom. The maximum atomic E-state index is 2.39. The molecule has 0 N–H and O–H groups in total. The van der Waals surface area contributed by atoms with Gasteiger partial charge in [-0.05, 0) is 46.9 Å². The summed E-state index contributed by atoms with van der Waals surface area (Å²) in [5, 5.41) is 4.16. The largest absolute Gasteiger partial charge is 0.335 e. The van der Waals surface area contributed by atoms with Crippen LogP contribution in [0.5, 0.6) is 0 Å². The molecule has 3 heteroatoms. The lowest BCUT2D eigenvalue weighted by Crippen LogP contribution is -1.84. The number of aryl methyl sites for hydroxylation is 1. The first-order chi connectivity index (χ1) is 8.75. The summed E-state index contributed by atoms with van der Waals surface area (Å²) in [7, 11) is 2.16. The number of hydrogen-bond acceptors (Lipinski definition) is 1. The highest BCUT2D eigenvalue weighted by molar-refractivity contribution is 14.1. The van der Waals surface area contributed by atoms with Gasteiger partial charge in [-0.1, -0.05) is 18.2 Å². The predicted octanol–water partition coefficient (Wildman–Crippen LogP) is 5.15. The Bertz CT molecular complexity index is 901. The van der Waals surface area contributed by atoms with Gasteiger partial charge in [0.2, 0.25) is 0 Å². The summed E-state index contributed by atoms with van der Waals surface area (Å²) in [6.45, 7) is 0. The Morgan fingerprint density at radius 3 is 2.78 bits per heavy atom. The molecule has 0 spiro atoms. The molecule has 0 saturated heterocycles. The van der Waals surface area contributed by atoms with Gasteiger partial charge in [0.25, 0.3) is 0 Å². The molecule has 0 aliphatic rings. The predicted molar refractivity (Wildman–Crippen MR) is 88.5 cm³/mol. The van der Waals surface area contributed by atoms with E-state index in [0.717, 1.165) is 0 Å². The van der Waals surface area contributed by atoms with Crippen molar-refractivity contribution in [2.45, 2.75) is 0 Å². The van der Waals surface area contributed by atoms with Crippen LogP contribution in [-0.2, 0) is 7.05 Å². The molecule has 0 amide bonds. The van der Waals surface area contributed by atoms with E-state index in [-0.39, 0.29) is 0 Å². The van der Waals surface area contributed by atoms with E-state index in [1.54, 1.807) is 0 Å². The van der Waals surface area contributed by atoms with Gasteiger partial charge < -0.3 is 4.57 Å². The van der Waals surface area contributed by atoms with E-state index >= 15 is 0 Å². The van der Waals surface area contributed by atoms with Gasteiger partial charge in [-0.3, -0.25) is 0 Å². The molecular formula is C15H10INS. The Morgan fingerprint density at radius 2 is 1.89 bits per heavy atom. The maximum Gasteiger partial charge on any atom is 0.104 e. The summed E-state index contributed by atoms with van der Waals surface area (Å²) < 4.78 is 4.98. The van der Waals surface area contributed by atoms with Crippen molar-refractivity contribution in [2.75, 3.05) is 0 Å². The third kappa shape index (κ3) is 1.32. The number of thiophene rings is 1. The second kappa shape index (κ2) is 3.71. The first-order valence-electron chi connectivity index (χ1n) is 5.81. The number of aromatic nitrogens is 1. The van der Waals surface area contributed by atoms with Gasteiger partial charge in [0, 0.05) is 37.0 Å². The highest BCUT2D eigenvalue weighted by Gasteiger charge is 2.13. The molecule has 2 heterocycles. The summed E-state index contributed by atoms with van der Waals surface area (Å²) in [6.07, 6.45) is 0. The van der Waals surface area contributed by atoms with E-state index in [4.69, 9.17) is 0 Å². The molecule has 0 aliphatic carbocycles. The van der Waals surface area contributed by atoms with Crippen molar-refractivity contribution in [1.29, 1.82) is 0 Å². The molecule has 88 valence electrons. The number of fused-ring (bicyclic) bond motifs is 5. The minimum absolute atomic E-state index is 1.29. The summed E-state index contributed by atoms with van der Waals surface area (Å²) >= 11 is 4.27. The number of benzene rings is 2. The summed E-state index contributed by atoms with van der Waals surface area (Å²) in [5.41, 5.74) is 1.32. The minimum atomic E-state index is 1.29. The maximum absolute atomic E-state index is 2.39. The van der Waals surface area contributed by atoms with Gasteiger partial charge in [0.15, 0.2) is 0 Å². The fourth-order valence-corrected chi connectivity index (χ4v) is 4.32. The summed E-state index contributed by atoms with van der Waals surface area (Å²) in [4.78, 5) is 1.37. The van der Waals surface area contributed by atoms with Crippen LogP contribution in [0, 0.1) is 3.57 Å². The fourth-order valence-electron chi connectivity index (χ4n) is 2.64. The van der Waals surface area contributed by atoms with Gasteiger partial charge in [0.1, 0.15) is 4.83 Å². The summed E-state index contributed by atoms with van der Waals surface area (Å²) in [6, 6.07) is 15.4. The molecule has 18 heavy (non-hydrogen) atoms. The van der Waals surface area contributed by atoms with Crippen LogP contribution in [0.1, 0.15) is 0 Å².